The largest absolute Gasteiger partial charge is 0.468 e. The van der Waals surface area contributed by atoms with Crippen molar-refractivity contribution in [2.45, 2.75) is 27.2 Å². The molecule has 0 bridgehead atoms. The highest BCUT2D eigenvalue weighted by Crippen LogP contribution is 2.08. The Morgan fingerprint density at radius 2 is 2.00 bits per heavy atom. The summed E-state index contributed by atoms with van der Waals surface area (Å²) in [6, 6.07) is 1.73. The molecule has 0 aliphatic heterocycles. The van der Waals surface area contributed by atoms with Crippen molar-refractivity contribution in [2.24, 2.45) is 0 Å². The van der Waals surface area contributed by atoms with Crippen LogP contribution in [0.4, 0.5) is 0 Å². The van der Waals surface area contributed by atoms with Crippen molar-refractivity contribution < 1.29 is 14.3 Å². The van der Waals surface area contributed by atoms with Crippen LogP contribution >= 0.6 is 0 Å². The first kappa shape index (κ1) is 15.9. The normalized spacial score (nSPS) is 10.2. The van der Waals surface area contributed by atoms with Gasteiger partial charge < -0.3 is 14.6 Å². The van der Waals surface area contributed by atoms with Gasteiger partial charge in [-0.05, 0) is 31.9 Å². The Morgan fingerprint density at radius 3 is 2.50 bits per heavy atom. The first-order valence-corrected chi connectivity index (χ1v) is 6.47. The summed E-state index contributed by atoms with van der Waals surface area (Å²) >= 11 is 0. The molecule has 0 spiro atoms. The van der Waals surface area contributed by atoms with E-state index in [0.717, 1.165) is 0 Å². The van der Waals surface area contributed by atoms with Crippen LogP contribution in [0.25, 0.3) is 0 Å². The summed E-state index contributed by atoms with van der Waals surface area (Å²) in [6.45, 7) is 5.58. The molecule has 0 atom stereocenters. The number of carbonyl (C=O) groups is 2. The van der Waals surface area contributed by atoms with Gasteiger partial charge in [0.25, 0.3) is 11.5 Å². The Kier molecular flexibility index (Phi) is 5.49. The average Bonchev–Trinajstić information content (AvgIpc) is 2.36. The highest BCUT2D eigenvalue weighted by molar-refractivity contribution is 5.96. The van der Waals surface area contributed by atoms with Crippen molar-refractivity contribution in [1.29, 1.82) is 0 Å². The number of esters is 1. The van der Waals surface area contributed by atoms with Gasteiger partial charge in [-0.1, -0.05) is 6.92 Å². The molecule has 0 aliphatic carbocycles. The molecule has 0 unspecified atom stereocenters. The predicted molar refractivity (Wildman–Crippen MR) is 74.7 cm³/mol. The van der Waals surface area contributed by atoms with Crippen LogP contribution in [0.1, 0.15) is 35.0 Å². The average molecular weight is 280 g/mol. The number of nitrogens with one attached hydrogen (secondary N) is 1. The quantitative estimate of drug-likeness (QED) is 0.817. The van der Waals surface area contributed by atoms with Crippen LogP contribution in [0.15, 0.2) is 10.9 Å². The zero-order chi connectivity index (χ0) is 15.3. The number of amides is 1. The Balaban J connectivity index is 3.12. The van der Waals surface area contributed by atoms with Crippen molar-refractivity contribution in [3.8, 4) is 0 Å². The zero-order valence-electron chi connectivity index (χ0n) is 12.3. The molecule has 20 heavy (non-hydrogen) atoms. The Labute approximate surface area is 117 Å². The van der Waals surface area contributed by atoms with E-state index in [9.17, 15) is 14.4 Å². The maximum absolute atomic E-state index is 12.4. The third-order valence-electron chi connectivity index (χ3n) is 2.91. The van der Waals surface area contributed by atoms with Gasteiger partial charge in [-0.2, -0.15) is 0 Å². The number of methoxy groups -OCH3 is 1. The van der Waals surface area contributed by atoms with Crippen LogP contribution in [-0.4, -0.2) is 42.0 Å². The van der Waals surface area contributed by atoms with E-state index in [2.05, 4.69) is 9.72 Å². The Bertz CT molecular complexity index is 563. The molecule has 1 aromatic rings. The van der Waals surface area contributed by atoms with E-state index in [-0.39, 0.29) is 12.1 Å². The molecular weight excluding hydrogens is 260 g/mol. The topological polar surface area (TPSA) is 79.5 Å². The predicted octanol–water partition coefficient (Wildman–Crippen LogP) is 1.02. The summed E-state index contributed by atoms with van der Waals surface area (Å²) in [5.74, 6) is -0.955. The summed E-state index contributed by atoms with van der Waals surface area (Å²) in [4.78, 5) is 39.7. The fraction of sp³-hybridized carbons (Fsp3) is 0.500. The van der Waals surface area contributed by atoms with Crippen LogP contribution < -0.4 is 5.56 Å². The fourth-order valence-electron chi connectivity index (χ4n) is 2.02. The first-order valence-electron chi connectivity index (χ1n) is 6.47. The van der Waals surface area contributed by atoms with Gasteiger partial charge in [-0.3, -0.25) is 14.4 Å². The van der Waals surface area contributed by atoms with Gasteiger partial charge in [-0.25, -0.2) is 0 Å². The molecule has 1 rings (SSSR count). The van der Waals surface area contributed by atoms with E-state index in [0.29, 0.717) is 24.2 Å². The van der Waals surface area contributed by atoms with Gasteiger partial charge in [-0.15, -0.1) is 0 Å². The second-order valence-corrected chi connectivity index (χ2v) is 4.64. The number of hydrogen-bond acceptors (Lipinski definition) is 4. The number of ether oxygens (including phenoxy) is 1. The Hall–Kier alpha value is -2.11. The third-order valence-corrected chi connectivity index (χ3v) is 2.91. The van der Waals surface area contributed by atoms with Gasteiger partial charge in [0.05, 0.1) is 7.11 Å². The maximum atomic E-state index is 12.4. The lowest BCUT2D eigenvalue weighted by molar-refractivity contribution is -0.141. The highest BCUT2D eigenvalue weighted by atomic mass is 16.5. The standard InChI is InChI=1S/C14H20N2O4/c1-5-6-16(8-11(17)20-4)14(19)12-9(2)7-10(3)15-13(12)18/h7H,5-6,8H2,1-4H3,(H,15,18). The van der Waals surface area contributed by atoms with Gasteiger partial charge in [0.2, 0.25) is 0 Å². The third kappa shape index (κ3) is 3.69. The number of H-pyrrole nitrogens is 1. The molecule has 0 fully saturated rings. The summed E-state index contributed by atoms with van der Waals surface area (Å²) in [7, 11) is 1.26. The molecule has 1 heterocycles. The van der Waals surface area contributed by atoms with Crippen molar-refractivity contribution in [1.82, 2.24) is 9.88 Å². The van der Waals surface area contributed by atoms with Crippen molar-refractivity contribution in [3.63, 3.8) is 0 Å². The second kappa shape index (κ2) is 6.88. The molecule has 1 amide bonds. The van der Waals surface area contributed by atoms with E-state index in [4.69, 9.17) is 0 Å². The van der Waals surface area contributed by atoms with Crippen molar-refractivity contribution in [3.05, 3.63) is 33.2 Å². The smallest absolute Gasteiger partial charge is 0.325 e. The van der Waals surface area contributed by atoms with Crippen LogP contribution in [0, 0.1) is 13.8 Å². The molecule has 110 valence electrons. The van der Waals surface area contributed by atoms with Crippen molar-refractivity contribution >= 4 is 11.9 Å². The van der Waals surface area contributed by atoms with E-state index in [1.54, 1.807) is 19.9 Å². The van der Waals surface area contributed by atoms with Gasteiger partial charge in [0, 0.05) is 12.2 Å². The molecule has 0 radical (unpaired) electrons. The van der Waals surface area contributed by atoms with Crippen LogP contribution in [-0.2, 0) is 9.53 Å². The molecule has 6 heteroatoms. The van der Waals surface area contributed by atoms with Crippen LogP contribution in [0.5, 0.6) is 0 Å². The summed E-state index contributed by atoms with van der Waals surface area (Å²) in [5.41, 5.74) is 0.938. The van der Waals surface area contributed by atoms with E-state index < -0.39 is 17.4 Å². The van der Waals surface area contributed by atoms with Crippen LogP contribution in [0.2, 0.25) is 0 Å². The number of pyridine rings is 1. The lowest BCUT2D eigenvalue weighted by Crippen LogP contribution is -2.39. The number of aryl methyl sites for hydroxylation is 2. The van der Waals surface area contributed by atoms with Gasteiger partial charge >= 0.3 is 5.97 Å². The van der Waals surface area contributed by atoms with Gasteiger partial charge in [0.15, 0.2) is 0 Å². The number of aromatic nitrogens is 1. The molecule has 1 N–H and O–H groups in total. The minimum atomic E-state index is -0.506. The molecule has 0 saturated heterocycles. The zero-order valence-corrected chi connectivity index (χ0v) is 12.3. The number of carbonyl (C=O) groups excluding carboxylic acids is 2. The monoisotopic (exact) mass is 280 g/mol. The lowest BCUT2D eigenvalue weighted by Gasteiger charge is -2.21. The molecule has 0 saturated carbocycles. The molecular formula is C14H20N2O4. The summed E-state index contributed by atoms with van der Waals surface area (Å²) in [5, 5.41) is 0. The molecule has 1 aromatic heterocycles. The molecule has 0 aromatic carbocycles. The van der Waals surface area contributed by atoms with Crippen LogP contribution in [0.3, 0.4) is 0 Å². The SMILES string of the molecule is CCCN(CC(=O)OC)C(=O)c1c(C)cc(C)[nH]c1=O. The maximum Gasteiger partial charge on any atom is 0.325 e. The summed E-state index contributed by atoms with van der Waals surface area (Å²) in [6.07, 6.45) is 0.686. The number of hydrogen-bond donors (Lipinski definition) is 1. The molecule has 0 aliphatic rings. The number of rotatable bonds is 5. The minimum Gasteiger partial charge on any atom is -0.468 e. The van der Waals surface area contributed by atoms with E-state index in [1.165, 1.54) is 12.0 Å². The van der Waals surface area contributed by atoms with E-state index >= 15 is 0 Å². The fourth-order valence-corrected chi connectivity index (χ4v) is 2.02. The highest BCUT2D eigenvalue weighted by Gasteiger charge is 2.22. The number of nitrogens with zero attached hydrogens (tertiary/aromatic N) is 1. The second-order valence-electron chi connectivity index (χ2n) is 4.64. The Morgan fingerprint density at radius 1 is 1.35 bits per heavy atom. The van der Waals surface area contributed by atoms with Gasteiger partial charge in [0.1, 0.15) is 12.1 Å². The minimum absolute atomic E-state index is 0.0768. The lowest BCUT2D eigenvalue weighted by atomic mass is 10.1. The summed E-state index contributed by atoms with van der Waals surface area (Å²) < 4.78 is 4.57. The molecule has 6 nitrogen and oxygen atoms in total. The number of aromatic amines is 1. The van der Waals surface area contributed by atoms with Crippen molar-refractivity contribution in [2.75, 3.05) is 20.2 Å². The van der Waals surface area contributed by atoms with E-state index in [1.807, 2.05) is 6.92 Å². The first-order chi connectivity index (χ1) is 9.40.